The van der Waals surface area contributed by atoms with Crippen LogP contribution in [0.4, 0.5) is 0 Å². The minimum Gasteiger partial charge on any atom is -0.230 e. The predicted molar refractivity (Wildman–Crippen MR) is 43.3 cm³/mol. The fraction of sp³-hybridized carbons (Fsp3) is 0.222. The van der Waals surface area contributed by atoms with Crippen LogP contribution in [0.2, 0.25) is 0 Å². The van der Waals surface area contributed by atoms with E-state index in [1.54, 1.807) is 0 Å². The lowest BCUT2D eigenvalue weighted by molar-refractivity contribution is -2.00. The molecule has 0 aromatic carbocycles. The van der Waals surface area contributed by atoms with Gasteiger partial charge in [-0.1, -0.05) is 6.07 Å². The van der Waals surface area contributed by atoms with Crippen molar-refractivity contribution >= 4 is 5.65 Å². The molecule has 2 heterocycles. The number of pyridine rings is 1. The Labute approximate surface area is 94.4 Å². The van der Waals surface area contributed by atoms with E-state index < -0.39 is 10.2 Å². The lowest BCUT2D eigenvalue weighted by Gasteiger charge is -2.17. The SMILES string of the molecule is Cc1c[n+]2ccccc2n1C.[O-][Cl+3]([O-])([O-])[O-]. The minimum absolute atomic E-state index is 1.23. The first-order valence-electron chi connectivity index (χ1n) is 4.33. The summed E-state index contributed by atoms with van der Waals surface area (Å²) in [7, 11) is -2.87. The maximum absolute atomic E-state index is 8.49. The van der Waals surface area contributed by atoms with E-state index in [4.69, 9.17) is 18.6 Å². The predicted octanol–water partition coefficient (Wildman–Crippen LogP) is -3.68. The largest absolute Gasteiger partial charge is 0.286 e. The van der Waals surface area contributed by atoms with Gasteiger partial charge in [0.15, 0.2) is 0 Å². The Kier molecular flexibility index (Phi) is 3.84. The van der Waals surface area contributed by atoms with Crippen molar-refractivity contribution in [1.29, 1.82) is 0 Å². The average molecular weight is 247 g/mol. The molecule has 88 valence electrons. The van der Waals surface area contributed by atoms with Crippen LogP contribution in [0, 0.1) is 17.2 Å². The minimum atomic E-state index is -4.94. The van der Waals surface area contributed by atoms with Crippen molar-refractivity contribution in [1.82, 2.24) is 4.57 Å². The molecule has 0 unspecified atom stereocenters. The van der Waals surface area contributed by atoms with Gasteiger partial charge in [-0.15, -0.1) is 10.2 Å². The van der Waals surface area contributed by atoms with Gasteiger partial charge in [0.25, 0.3) is 5.65 Å². The standard InChI is InChI=1S/C9H11N2.ClHO4/c1-8-7-11-6-4-3-5-9(11)10(8)2;2-1(3,4)5/h3-7H,1-2H3;(H,2,3,4,5)/q+1;/p-1. The summed E-state index contributed by atoms with van der Waals surface area (Å²) in [5, 5.41) is 0. The lowest BCUT2D eigenvalue weighted by Crippen LogP contribution is -2.68. The van der Waals surface area contributed by atoms with Crippen LogP contribution in [0.1, 0.15) is 5.69 Å². The van der Waals surface area contributed by atoms with E-state index in [9.17, 15) is 0 Å². The first kappa shape index (κ1) is 12.9. The first-order valence-corrected chi connectivity index (χ1v) is 5.56. The van der Waals surface area contributed by atoms with Crippen molar-refractivity contribution in [2.45, 2.75) is 6.92 Å². The van der Waals surface area contributed by atoms with Crippen molar-refractivity contribution in [2.24, 2.45) is 7.05 Å². The molecule has 2 rings (SSSR count). The number of aryl methyl sites for hydroxylation is 2. The highest BCUT2D eigenvalue weighted by molar-refractivity contribution is 5.31. The number of halogens is 1. The number of rotatable bonds is 0. The van der Waals surface area contributed by atoms with E-state index in [1.165, 1.54) is 11.3 Å². The molecule has 2 aromatic heterocycles. The summed E-state index contributed by atoms with van der Waals surface area (Å²) in [5.41, 5.74) is 2.50. The average Bonchev–Trinajstić information content (AvgIpc) is 2.41. The molecule has 6 nitrogen and oxygen atoms in total. The molecule has 0 bridgehead atoms. The van der Waals surface area contributed by atoms with Crippen LogP contribution >= 0.6 is 0 Å². The van der Waals surface area contributed by atoms with E-state index in [1.807, 2.05) is 6.07 Å². The first-order chi connectivity index (χ1) is 7.29. The quantitative estimate of drug-likeness (QED) is 0.447. The molecule has 0 fully saturated rings. The van der Waals surface area contributed by atoms with E-state index in [0.29, 0.717) is 0 Å². The highest BCUT2D eigenvalue weighted by atomic mass is 35.7. The second-order valence-electron chi connectivity index (χ2n) is 3.17. The van der Waals surface area contributed by atoms with E-state index in [-0.39, 0.29) is 0 Å². The van der Waals surface area contributed by atoms with E-state index >= 15 is 0 Å². The fourth-order valence-electron chi connectivity index (χ4n) is 1.31. The van der Waals surface area contributed by atoms with Crippen LogP contribution in [-0.4, -0.2) is 4.57 Å². The van der Waals surface area contributed by atoms with Gasteiger partial charge < -0.3 is 0 Å². The molecule has 16 heavy (non-hydrogen) atoms. The number of aromatic nitrogens is 2. The zero-order chi connectivity index (χ0) is 12.3. The highest BCUT2D eigenvalue weighted by Gasteiger charge is 2.07. The summed E-state index contributed by atoms with van der Waals surface area (Å²) in [6.45, 7) is 2.10. The molecule has 0 saturated heterocycles. The van der Waals surface area contributed by atoms with Gasteiger partial charge in [0, 0.05) is 13.0 Å². The molecule has 0 saturated carbocycles. The normalized spacial score (nSPS) is 11.1. The number of hydrogen-bond donors (Lipinski definition) is 0. The van der Waals surface area contributed by atoms with Gasteiger partial charge >= 0.3 is 0 Å². The van der Waals surface area contributed by atoms with Crippen molar-refractivity contribution in [3.8, 4) is 0 Å². The number of imidazole rings is 1. The molecule has 0 aliphatic carbocycles. The van der Waals surface area contributed by atoms with Crippen LogP contribution in [0.3, 0.4) is 0 Å². The van der Waals surface area contributed by atoms with Gasteiger partial charge in [-0.05, 0) is 6.07 Å². The van der Waals surface area contributed by atoms with Crippen molar-refractivity contribution in [3.05, 3.63) is 36.3 Å². The molecule has 2 aromatic rings. The molecule has 0 aliphatic rings. The monoisotopic (exact) mass is 246 g/mol. The second-order valence-corrected chi connectivity index (χ2v) is 3.93. The zero-order valence-electron chi connectivity index (χ0n) is 8.79. The summed E-state index contributed by atoms with van der Waals surface area (Å²) in [6, 6.07) is 6.19. The Morgan fingerprint density at radius 3 is 2.25 bits per heavy atom. The summed E-state index contributed by atoms with van der Waals surface area (Å²) in [5.74, 6) is 0. The Bertz CT molecular complexity index is 472. The van der Waals surface area contributed by atoms with Gasteiger partial charge in [0.2, 0.25) is 0 Å². The van der Waals surface area contributed by atoms with Crippen LogP contribution in [-0.2, 0) is 7.05 Å². The van der Waals surface area contributed by atoms with Crippen molar-refractivity contribution in [3.63, 3.8) is 0 Å². The third kappa shape index (κ3) is 3.76. The Balaban J connectivity index is 0.000000221. The second kappa shape index (κ2) is 4.77. The Morgan fingerprint density at radius 1 is 1.19 bits per heavy atom. The topological polar surface area (TPSA) is 101 Å². The third-order valence-electron chi connectivity index (χ3n) is 2.07. The van der Waals surface area contributed by atoms with Crippen LogP contribution in [0.15, 0.2) is 30.6 Å². The van der Waals surface area contributed by atoms with E-state index in [0.717, 1.165) is 0 Å². The lowest BCUT2D eigenvalue weighted by atomic mass is 10.5. The number of nitrogens with zero attached hydrogens (tertiary/aromatic N) is 2. The van der Waals surface area contributed by atoms with Gasteiger partial charge in [-0.3, -0.25) is 0 Å². The summed E-state index contributed by atoms with van der Waals surface area (Å²) < 4.78 is 38.3. The molecular formula is C9H11ClN2O4. The van der Waals surface area contributed by atoms with Gasteiger partial charge in [-0.2, -0.15) is 0 Å². The molecular weight excluding hydrogens is 236 g/mol. The maximum Gasteiger partial charge on any atom is 0.286 e. The highest BCUT2D eigenvalue weighted by Crippen LogP contribution is 1.99. The number of fused-ring (bicyclic) bond motifs is 1. The summed E-state index contributed by atoms with van der Waals surface area (Å²) >= 11 is 0. The maximum atomic E-state index is 8.49. The molecule has 0 spiro atoms. The van der Waals surface area contributed by atoms with Gasteiger partial charge in [-0.25, -0.2) is 27.6 Å². The summed E-state index contributed by atoms with van der Waals surface area (Å²) in [4.78, 5) is 0. The van der Waals surface area contributed by atoms with Crippen molar-refractivity contribution < 1.29 is 33.3 Å². The number of hydrogen-bond acceptors (Lipinski definition) is 4. The molecule has 7 heteroatoms. The van der Waals surface area contributed by atoms with Crippen molar-refractivity contribution in [2.75, 3.05) is 0 Å². The zero-order valence-corrected chi connectivity index (χ0v) is 9.55. The van der Waals surface area contributed by atoms with Gasteiger partial charge in [0.05, 0.1) is 13.2 Å². The Hall–Kier alpha value is -1.18. The Morgan fingerprint density at radius 2 is 1.75 bits per heavy atom. The third-order valence-corrected chi connectivity index (χ3v) is 2.07. The molecule has 0 amide bonds. The van der Waals surface area contributed by atoms with Gasteiger partial charge in [0.1, 0.15) is 11.9 Å². The van der Waals surface area contributed by atoms with Crippen LogP contribution in [0.25, 0.3) is 5.65 Å². The fourth-order valence-corrected chi connectivity index (χ4v) is 1.31. The van der Waals surface area contributed by atoms with Crippen LogP contribution < -0.4 is 23.0 Å². The molecule has 0 N–H and O–H groups in total. The molecule has 0 aliphatic heterocycles. The van der Waals surface area contributed by atoms with E-state index in [2.05, 4.69) is 47.5 Å². The molecule has 0 atom stereocenters. The summed E-state index contributed by atoms with van der Waals surface area (Å²) in [6.07, 6.45) is 4.18. The molecule has 0 radical (unpaired) electrons. The van der Waals surface area contributed by atoms with Crippen LogP contribution in [0.5, 0.6) is 0 Å². The smallest absolute Gasteiger partial charge is 0.230 e.